The molecule has 7 rings (SSSR count). The fourth-order valence-electron chi connectivity index (χ4n) is 6.03. The number of nitriles is 1. The third-order valence-electron chi connectivity index (χ3n) is 8.06. The maximum Gasteiger partial charge on any atom is 0.416 e. The third kappa shape index (κ3) is 4.68. The summed E-state index contributed by atoms with van der Waals surface area (Å²) in [5.74, 6) is -2.14. The van der Waals surface area contributed by atoms with Crippen molar-refractivity contribution in [3.05, 3.63) is 118 Å². The normalized spacial score (nSPS) is 19.2. The number of aliphatic imine (C=N–C) groups is 3. The predicted molar refractivity (Wildman–Crippen MR) is 153 cm³/mol. The van der Waals surface area contributed by atoms with E-state index in [4.69, 9.17) is 15.4 Å². The maximum absolute atomic E-state index is 14.2. The van der Waals surface area contributed by atoms with Gasteiger partial charge in [0.2, 0.25) is 6.19 Å². The number of fused-ring (bicyclic) bond motifs is 6. The van der Waals surface area contributed by atoms with Crippen LogP contribution in [0.5, 0.6) is 0 Å². The first-order valence-corrected chi connectivity index (χ1v) is 13.5. The molecule has 2 aliphatic carbocycles. The molecule has 3 aliphatic rings. The van der Waals surface area contributed by atoms with Crippen molar-refractivity contribution in [3.63, 3.8) is 0 Å². The van der Waals surface area contributed by atoms with E-state index >= 15 is 0 Å². The Balaban J connectivity index is 1.29. The summed E-state index contributed by atoms with van der Waals surface area (Å²) < 4.78 is 108. The molecule has 0 spiro atoms. The van der Waals surface area contributed by atoms with Crippen LogP contribution in [0.4, 0.5) is 35.1 Å². The van der Waals surface area contributed by atoms with Gasteiger partial charge < -0.3 is 0 Å². The highest BCUT2D eigenvalue weighted by molar-refractivity contribution is 6.78. The highest BCUT2D eigenvalue weighted by Gasteiger charge is 2.45. The Labute approximate surface area is 254 Å². The molecule has 46 heavy (non-hydrogen) atoms. The van der Waals surface area contributed by atoms with Crippen molar-refractivity contribution in [2.24, 2.45) is 15.0 Å². The van der Waals surface area contributed by atoms with Gasteiger partial charge in [0, 0.05) is 16.7 Å². The molecule has 228 valence electrons. The van der Waals surface area contributed by atoms with Crippen LogP contribution in [0.15, 0.2) is 87.8 Å². The number of rotatable bonds is 2. The van der Waals surface area contributed by atoms with Crippen LogP contribution in [0.2, 0.25) is 0 Å². The topological polar surface area (TPSA) is 84.7 Å². The van der Waals surface area contributed by atoms with Crippen molar-refractivity contribution in [1.82, 2.24) is 0 Å². The minimum Gasteiger partial charge on any atom is -0.298 e. The van der Waals surface area contributed by atoms with E-state index in [0.29, 0.717) is 40.1 Å². The summed E-state index contributed by atoms with van der Waals surface area (Å²) in [4.78, 5) is 13.5. The van der Waals surface area contributed by atoms with Gasteiger partial charge in [0.05, 0.1) is 28.3 Å². The zero-order chi connectivity index (χ0) is 32.7. The molecule has 0 bridgehead atoms. The molecule has 0 aromatic heterocycles. The zero-order valence-corrected chi connectivity index (χ0v) is 22.9. The molecule has 4 aromatic carbocycles. The molecule has 1 aliphatic heterocycles. The van der Waals surface area contributed by atoms with Crippen molar-refractivity contribution in [2.75, 3.05) is 0 Å². The maximum atomic E-state index is 14.2. The number of benzene rings is 4. The molecule has 2 unspecified atom stereocenters. The van der Waals surface area contributed by atoms with E-state index in [1.807, 2.05) is 0 Å². The van der Waals surface area contributed by atoms with Gasteiger partial charge in [-0.3, -0.25) is 15.4 Å². The number of hydrogen-bond donors (Lipinski definition) is 1. The van der Waals surface area contributed by atoms with E-state index in [0.717, 1.165) is 24.3 Å². The summed E-state index contributed by atoms with van der Waals surface area (Å²) in [6.07, 6.45) is -7.82. The molecule has 0 radical (unpaired) electrons. The molecule has 1 heterocycles. The van der Waals surface area contributed by atoms with Crippen LogP contribution in [-0.2, 0) is 12.4 Å². The van der Waals surface area contributed by atoms with Crippen LogP contribution in [0.25, 0.3) is 22.3 Å². The van der Waals surface area contributed by atoms with Crippen molar-refractivity contribution in [1.29, 1.82) is 10.7 Å². The van der Waals surface area contributed by atoms with Gasteiger partial charge in [0.15, 0.2) is 0 Å². The fraction of sp³-hybridized carbons (Fsp3) is 0.121. The molecule has 0 saturated heterocycles. The highest BCUT2D eigenvalue weighted by atomic mass is 19.4. The molecular weight excluding hydrogens is 618 g/mol. The molecule has 13 heteroatoms. The molecule has 5 nitrogen and oxygen atoms in total. The first kappa shape index (κ1) is 29.2. The van der Waals surface area contributed by atoms with E-state index in [9.17, 15) is 40.4 Å². The van der Waals surface area contributed by atoms with Gasteiger partial charge >= 0.3 is 12.4 Å². The molecule has 1 N–H and O–H groups in total. The lowest BCUT2D eigenvalue weighted by molar-refractivity contribution is -0.138. The van der Waals surface area contributed by atoms with Crippen LogP contribution in [0.1, 0.15) is 39.4 Å². The summed E-state index contributed by atoms with van der Waals surface area (Å²) >= 11 is 0. The van der Waals surface area contributed by atoms with Crippen LogP contribution in [0.3, 0.4) is 0 Å². The van der Waals surface area contributed by atoms with Gasteiger partial charge in [-0.1, -0.05) is 24.3 Å². The summed E-state index contributed by atoms with van der Waals surface area (Å²) in [6, 6.07) is 11.8. The summed E-state index contributed by atoms with van der Waals surface area (Å²) in [5.41, 5.74) is 0.378. The lowest BCUT2D eigenvalue weighted by Crippen LogP contribution is -2.29. The lowest BCUT2D eigenvalue weighted by atomic mass is 9.97. The zero-order valence-electron chi connectivity index (χ0n) is 22.9. The predicted octanol–water partition coefficient (Wildman–Crippen LogP) is 8.36. The lowest BCUT2D eigenvalue weighted by Gasteiger charge is -2.20. The fourth-order valence-corrected chi connectivity index (χ4v) is 6.03. The van der Waals surface area contributed by atoms with Gasteiger partial charge in [-0.05, 0) is 76.3 Å². The quantitative estimate of drug-likeness (QED) is 0.175. The monoisotopic (exact) mass is 633 g/mol. The summed E-state index contributed by atoms with van der Waals surface area (Å²) in [6.45, 7) is 0. The smallest absolute Gasteiger partial charge is 0.298 e. The van der Waals surface area contributed by atoms with E-state index in [1.54, 1.807) is 18.3 Å². The van der Waals surface area contributed by atoms with Crippen LogP contribution in [-0.4, -0.2) is 28.9 Å². The first-order valence-electron chi connectivity index (χ1n) is 13.5. The minimum absolute atomic E-state index is 0.0348. The average Bonchev–Trinajstić information content (AvgIpc) is 3.45. The molecular formula is C33H15F8N5. The van der Waals surface area contributed by atoms with Crippen molar-refractivity contribution in [3.8, 4) is 28.4 Å². The Morgan fingerprint density at radius 3 is 1.74 bits per heavy atom. The standard InChI is InChI=1S/C33H15F8N5/c34-20-7-16(5-18(11-20)32(36,37)38)14-1-3-22-24(9-14)26(43)30-28(22)46-31-27(44-13-42)25-10-15(2-4-23(25)29(31)45-30)17-6-19(33(39,40)41)12-21(35)8-17/h1-12,29,31,43H/b43-26?,44-27+. The van der Waals surface area contributed by atoms with Gasteiger partial charge in [-0.2, -0.15) is 36.6 Å². The largest absolute Gasteiger partial charge is 0.416 e. The second-order valence-electron chi connectivity index (χ2n) is 10.8. The number of halogens is 8. The molecule has 0 saturated carbocycles. The van der Waals surface area contributed by atoms with Crippen LogP contribution in [0, 0.1) is 28.5 Å². The SMILES string of the molecule is N#C/N=C1\c2cc(-c3cc(F)cc(C(F)(F)F)c3)ccc2C2N=C3C(=N)c4cc(-c5cc(F)cc(C(F)(F)F)c5)ccc4C3=NC12. The second-order valence-corrected chi connectivity index (χ2v) is 10.8. The molecule has 0 amide bonds. The van der Waals surface area contributed by atoms with Crippen molar-refractivity contribution < 1.29 is 35.1 Å². The Kier molecular flexibility index (Phi) is 6.35. The van der Waals surface area contributed by atoms with E-state index in [1.165, 1.54) is 24.3 Å². The summed E-state index contributed by atoms with van der Waals surface area (Å²) in [7, 11) is 0. The average molecular weight is 634 g/mol. The molecule has 4 aromatic rings. The van der Waals surface area contributed by atoms with E-state index < -0.39 is 47.2 Å². The number of nitrogens with zero attached hydrogens (tertiary/aromatic N) is 4. The van der Waals surface area contributed by atoms with Gasteiger partial charge in [-0.25, -0.2) is 8.78 Å². The number of nitrogens with one attached hydrogen (secondary N) is 1. The Bertz CT molecular complexity index is 2150. The van der Waals surface area contributed by atoms with Crippen molar-refractivity contribution >= 4 is 22.8 Å². The Morgan fingerprint density at radius 1 is 0.630 bits per heavy atom. The van der Waals surface area contributed by atoms with Crippen molar-refractivity contribution in [2.45, 2.75) is 24.4 Å². The van der Waals surface area contributed by atoms with E-state index in [2.05, 4.69) is 4.99 Å². The Hall–Kier alpha value is -5.51. The summed E-state index contributed by atoms with van der Waals surface area (Å²) in [5, 5.41) is 18.3. The highest BCUT2D eigenvalue weighted by Crippen LogP contribution is 2.44. The second kappa shape index (κ2) is 10.00. The van der Waals surface area contributed by atoms with Gasteiger partial charge in [0.25, 0.3) is 0 Å². The van der Waals surface area contributed by atoms with Gasteiger partial charge in [-0.15, -0.1) is 0 Å². The van der Waals surface area contributed by atoms with Crippen LogP contribution < -0.4 is 0 Å². The first-order chi connectivity index (χ1) is 21.7. The number of alkyl halides is 6. The Morgan fingerprint density at radius 2 is 1.17 bits per heavy atom. The minimum atomic E-state index is -4.77. The van der Waals surface area contributed by atoms with Gasteiger partial charge in [0.1, 0.15) is 29.4 Å². The third-order valence-corrected chi connectivity index (χ3v) is 8.06. The molecule has 2 atom stereocenters. The van der Waals surface area contributed by atoms with E-state index in [-0.39, 0.29) is 39.4 Å². The molecule has 0 fully saturated rings. The van der Waals surface area contributed by atoms with Crippen LogP contribution >= 0.6 is 0 Å². The number of hydrogen-bond acceptors (Lipinski definition) is 5.